The number of nitro groups is 1. The van der Waals surface area contributed by atoms with Crippen molar-refractivity contribution in [2.75, 3.05) is 31.3 Å². The van der Waals surface area contributed by atoms with Crippen molar-refractivity contribution >= 4 is 28.9 Å². The highest BCUT2D eigenvalue weighted by Crippen LogP contribution is 2.25. The van der Waals surface area contributed by atoms with Gasteiger partial charge in [-0.3, -0.25) is 19.7 Å². The second kappa shape index (κ2) is 8.66. The summed E-state index contributed by atoms with van der Waals surface area (Å²) in [4.78, 5) is 33.1. The minimum absolute atomic E-state index is 0.0300. The molecule has 5 N–H and O–H groups in total. The van der Waals surface area contributed by atoms with Gasteiger partial charge in [-0.05, 0) is 12.1 Å². The third kappa shape index (κ3) is 5.88. The molecule has 0 aliphatic carbocycles. The van der Waals surface area contributed by atoms with E-state index in [0.29, 0.717) is 6.61 Å². The van der Waals surface area contributed by atoms with E-state index in [9.17, 15) is 19.7 Å². The second-order valence-corrected chi connectivity index (χ2v) is 4.62. The number of nitrogens with zero attached hydrogens (tertiary/aromatic N) is 1. The maximum absolute atomic E-state index is 11.9. The second-order valence-electron chi connectivity index (χ2n) is 4.62. The predicted octanol–water partition coefficient (Wildman–Crippen LogP) is 0.195. The van der Waals surface area contributed by atoms with E-state index in [1.54, 1.807) is 0 Å². The number of carboxylic acid groups (broad SMARTS) is 1. The summed E-state index contributed by atoms with van der Waals surface area (Å²) in [5, 5.41) is 24.9. The number of rotatable bonds is 9. The zero-order valence-electron chi connectivity index (χ0n) is 12.4. The third-order valence-electron chi connectivity index (χ3n) is 2.90. The summed E-state index contributed by atoms with van der Waals surface area (Å²) in [6.45, 7) is 0.573. The topological polar surface area (TPSA) is 157 Å². The van der Waals surface area contributed by atoms with Gasteiger partial charge in [0.05, 0.1) is 18.0 Å². The van der Waals surface area contributed by atoms with Gasteiger partial charge in [0.25, 0.3) is 5.69 Å². The number of carbonyl (C=O) groups excluding carboxylic acids is 1. The summed E-state index contributed by atoms with van der Waals surface area (Å²) in [6, 6.07) is 2.71. The van der Waals surface area contributed by atoms with Crippen molar-refractivity contribution in [2.24, 2.45) is 0 Å². The number of benzene rings is 1. The minimum Gasteiger partial charge on any atom is -0.480 e. The summed E-state index contributed by atoms with van der Waals surface area (Å²) in [5.41, 5.74) is 5.25. The molecule has 1 rings (SSSR count). The molecule has 1 unspecified atom stereocenters. The Balaban J connectivity index is 2.69. The molecule has 0 heterocycles. The van der Waals surface area contributed by atoms with E-state index in [1.807, 2.05) is 0 Å². The molecule has 0 aliphatic heterocycles. The molecule has 126 valence electrons. The van der Waals surface area contributed by atoms with Crippen LogP contribution < -0.4 is 16.4 Å². The molecular weight excluding hydrogens is 308 g/mol. The zero-order chi connectivity index (χ0) is 17.4. The van der Waals surface area contributed by atoms with Gasteiger partial charge in [0.1, 0.15) is 11.7 Å². The molecule has 1 aromatic carbocycles. The first-order valence-electron chi connectivity index (χ1n) is 6.64. The number of anilines is 2. The van der Waals surface area contributed by atoms with Gasteiger partial charge in [0, 0.05) is 25.4 Å². The van der Waals surface area contributed by atoms with Crippen LogP contribution in [0.4, 0.5) is 17.1 Å². The molecule has 10 heteroatoms. The number of hydrogen-bond acceptors (Lipinski definition) is 7. The number of methoxy groups -OCH3 is 1. The maximum atomic E-state index is 11.9. The standard InChI is InChI=1S/C13H18N4O6/c1-23-5-4-15-10(13(19)20)7-12(18)16-8-2-3-9(14)11(6-8)17(21)22/h2-3,6,10,15H,4-5,7,14H2,1H3,(H,16,18)(H,19,20). The molecule has 0 bridgehead atoms. The Hall–Kier alpha value is -2.72. The van der Waals surface area contributed by atoms with Gasteiger partial charge in [0.15, 0.2) is 0 Å². The van der Waals surface area contributed by atoms with E-state index in [-0.39, 0.29) is 30.0 Å². The number of amides is 1. The van der Waals surface area contributed by atoms with E-state index in [4.69, 9.17) is 15.6 Å². The number of nitrogen functional groups attached to an aromatic ring is 1. The number of carbonyl (C=O) groups is 2. The average molecular weight is 326 g/mol. The highest BCUT2D eigenvalue weighted by molar-refractivity contribution is 5.94. The van der Waals surface area contributed by atoms with Gasteiger partial charge in [-0.15, -0.1) is 0 Å². The Morgan fingerprint density at radius 1 is 1.48 bits per heavy atom. The normalized spacial score (nSPS) is 11.7. The van der Waals surface area contributed by atoms with Crippen molar-refractivity contribution in [2.45, 2.75) is 12.5 Å². The Morgan fingerprint density at radius 3 is 2.74 bits per heavy atom. The lowest BCUT2D eigenvalue weighted by atomic mass is 10.2. The molecule has 0 aliphatic rings. The van der Waals surface area contributed by atoms with E-state index in [1.165, 1.54) is 19.2 Å². The molecule has 10 nitrogen and oxygen atoms in total. The average Bonchev–Trinajstić information content (AvgIpc) is 2.48. The van der Waals surface area contributed by atoms with Gasteiger partial charge < -0.3 is 26.2 Å². The first kappa shape index (κ1) is 18.3. The molecule has 0 saturated carbocycles. The smallest absolute Gasteiger partial charge is 0.321 e. The number of hydrogen-bond donors (Lipinski definition) is 4. The van der Waals surface area contributed by atoms with Crippen LogP contribution in [0.25, 0.3) is 0 Å². The highest BCUT2D eigenvalue weighted by Gasteiger charge is 2.21. The van der Waals surface area contributed by atoms with Crippen molar-refractivity contribution in [3.63, 3.8) is 0 Å². The Labute approximate surface area is 131 Å². The minimum atomic E-state index is -1.18. The summed E-state index contributed by atoms with van der Waals surface area (Å²) in [7, 11) is 1.47. The summed E-state index contributed by atoms with van der Waals surface area (Å²) < 4.78 is 4.79. The number of nitrogens with two attached hydrogens (primary N) is 1. The number of nitrogens with one attached hydrogen (secondary N) is 2. The van der Waals surface area contributed by atoms with E-state index >= 15 is 0 Å². The van der Waals surface area contributed by atoms with Crippen LogP contribution in [-0.4, -0.2) is 48.2 Å². The first-order valence-corrected chi connectivity index (χ1v) is 6.64. The largest absolute Gasteiger partial charge is 0.480 e. The van der Waals surface area contributed by atoms with Crippen molar-refractivity contribution < 1.29 is 24.4 Å². The van der Waals surface area contributed by atoms with E-state index < -0.39 is 22.8 Å². The monoisotopic (exact) mass is 326 g/mol. The molecule has 0 spiro atoms. The van der Waals surface area contributed by atoms with E-state index in [2.05, 4.69) is 10.6 Å². The maximum Gasteiger partial charge on any atom is 0.321 e. The fourth-order valence-corrected chi connectivity index (χ4v) is 1.76. The predicted molar refractivity (Wildman–Crippen MR) is 82.1 cm³/mol. The Bertz CT molecular complexity index is 592. The number of aliphatic carboxylic acids is 1. The van der Waals surface area contributed by atoms with E-state index in [0.717, 1.165) is 6.07 Å². The summed E-state index contributed by atoms with van der Waals surface area (Å²) in [5.74, 6) is -1.78. The Kier molecular flexibility index (Phi) is 6.90. The van der Waals surface area contributed by atoms with Gasteiger partial charge in [0.2, 0.25) is 5.91 Å². The third-order valence-corrected chi connectivity index (χ3v) is 2.90. The molecule has 1 aromatic rings. The lowest BCUT2D eigenvalue weighted by Crippen LogP contribution is -2.41. The van der Waals surface area contributed by atoms with Crippen molar-refractivity contribution in [3.05, 3.63) is 28.3 Å². The molecule has 0 aromatic heterocycles. The fourth-order valence-electron chi connectivity index (χ4n) is 1.76. The van der Waals surface area contributed by atoms with Gasteiger partial charge in [-0.1, -0.05) is 0 Å². The SMILES string of the molecule is COCCNC(CC(=O)Nc1ccc(N)c([N+](=O)[O-])c1)C(=O)O. The highest BCUT2D eigenvalue weighted by atomic mass is 16.6. The summed E-state index contributed by atoms with van der Waals surface area (Å²) >= 11 is 0. The van der Waals surface area contributed by atoms with Crippen LogP contribution in [0.3, 0.4) is 0 Å². The summed E-state index contributed by atoms with van der Waals surface area (Å²) in [6.07, 6.45) is -0.336. The molecule has 1 amide bonds. The van der Waals surface area contributed by atoms with Crippen molar-refractivity contribution in [1.29, 1.82) is 0 Å². The Morgan fingerprint density at radius 2 is 2.17 bits per heavy atom. The number of ether oxygens (including phenoxy) is 1. The number of nitro benzene ring substituents is 1. The van der Waals surface area contributed by atoms with Crippen LogP contribution in [0.2, 0.25) is 0 Å². The van der Waals surface area contributed by atoms with Gasteiger partial charge >= 0.3 is 5.97 Å². The van der Waals surface area contributed by atoms with Crippen LogP contribution in [0.5, 0.6) is 0 Å². The fraction of sp³-hybridized carbons (Fsp3) is 0.385. The molecule has 0 saturated heterocycles. The first-order chi connectivity index (χ1) is 10.8. The van der Waals surface area contributed by atoms with Gasteiger partial charge in [-0.25, -0.2) is 0 Å². The molecular formula is C13H18N4O6. The van der Waals surface area contributed by atoms with Crippen LogP contribution in [-0.2, 0) is 14.3 Å². The van der Waals surface area contributed by atoms with Crippen LogP contribution >= 0.6 is 0 Å². The van der Waals surface area contributed by atoms with Crippen LogP contribution in [0.1, 0.15) is 6.42 Å². The van der Waals surface area contributed by atoms with Crippen LogP contribution in [0.15, 0.2) is 18.2 Å². The molecule has 0 fully saturated rings. The molecule has 23 heavy (non-hydrogen) atoms. The van der Waals surface area contributed by atoms with Crippen molar-refractivity contribution in [1.82, 2.24) is 5.32 Å². The zero-order valence-corrected chi connectivity index (χ0v) is 12.4. The quantitative estimate of drug-likeness (QED) is 0.217. The lowest BCUT2D eigenvalue weighted by Gasteiger charge is -2.14. The number of carboxylic acids is 1. The molecule has 0 radical (unpaired) electrons. The van der Waals surface area contributed by atoms with Gasteiger partial charge in [-0.2, -0.15) is 0 Å². The van der Waals surface area contributed by atoms with Crippen LogP contribution in [0, 0.1) is 10.1 Å². The molecule has 1 atom stereocenters. The van der Waals surface area contributed by atoms with Crippen molar-refractivity contribution in [3.8, 4) is 0 Å². The lowest BCUT2D eigenvalue weighted by molar-refractivity contribution is -0.383.